The van der Waals surface area contributed by atoms with Crippen molar-refractivity contribution in [2.45, 2.75) is 6.92 Å². The van der Waals surface area contributed by atoms with Gasteiger partial charge in [0, 0.05) is 24.7 Å². The molecule has 0 spiro atoms. The van der Waals surface area contributed by atoms with Gasteiger partial charge in [-0.15, -0.1) is 11.3 Å². The predicted octanol–water partition coefficient (Wildman–Crippen LogP) is 2.87. The minimum atomic E-state index is -0.234. The molecule has 0 atom stereocenters. The Hall–Kier alpha value is -2.67. The van der Waals surface area contributed by atoms with E-state index in [2.05, 4.69) is 15.4 Å². The van der Waals surface area contributed by atoms with Crippen LogP contribution in [-0.4, -0.2) is 27.3 Å². The van der Waals surface area contributed by atoms with Gasteiger partial charge in [0.25, 0.3) is 5.91 Å². The molecule has 6 nitrogen and oxygen atoms in total. The molecule has 1 aromatic carbocycles. The van der Waals surface area contributed by atoms with Crippen LogP contribution in [0.4, 0.5) is 5.82 Å². The largest absolute Gasteiger partial charge is 0.483 e. The molecule has 7 heteroatoms. The number of para-hydroxylation sites is 1. The first-order valence-electron chi connectivity index (χ1n) is 7.05. The first-order valence-corrected chi connectivity index (χ1v) is 7.93. The van der Waals surface area contributed by atoms with E-state index in [1.165, 1.54) is 11.3 Å². The minimum absolute atomic E-state index is 0.0768. The molecule has 1 N–H and O–H groups in total. The third-order valence-electron chi connectivity index (χ3n) is 3.18. The van der Waals surface area contributed by atoms with Gasteiger partial charge in [-0.05, 0) is 19.1 Å². The summed E-state index contributed by atoms with van der Waals surface area (Å²) in [5, 5.41) is 9.73. The normalized spacial score (nSPS) is 10.5. The van der Waals surface area contributed by atoms with Crippen LogP contribution in [0.25, 0.3) is 10.6 Å². The molecule has 118 valence electrons. The number of benzene rings is 1. The molecule has 0 unspecified atom stereocenters. The van der Waals surface area contributed by atoms with Crippen LogP contribution in [0.1, 0.15) is 5.69 Å². The molecule has 0 aliphatic heterocycles. The van der Waals surface area contributed by atoms with E-state index < -0.39 is 0 Å². The molecular weight excluding hydrogens is 312 g/mol. The number of hydrogen-bond donors (Lipinski definition) is 1. The quantitative estimate of drug-likeness (QED) is 0.782. The summed E-state index contributed by atoms with van der Waals surface area (Å²) in [4.78, 5) is 16.3. The number of aromatic nitrogens is 3. The van der Waals surface area contributed by atoms with Crippen molar-refractivity contribution in [2.75, 3.05) is 11.9 Å². The number of amides is 1. The Bertz CT molecular complexity index is 811. The Morgan fingerprint density at radius 2 is 2.22 bits per heavy atom. The number of carbonyl (C=O) groups excluding carboxylic acids is 1. The lowest BCUT2D eigenvalue weighted by molar-refractivity contribution is -0.118. The maximum absolute atomic E-state index is 12.1. The van der Waals surface area contributed by atoms with E-state index in [0.29, 0.717) is 11.6 Å². The first kappa shape index (κ1) is 15.2. The number of aryl methyl sites for hydroxylation is 2. The summed E-state index contributed by atoms with van der Waals surface area (Å²) < 4.78 is 7.29. The fraction of sp³-hybridized carbons (Fsp3) is 0.188. The van der Waals surface area contributed by atoms with Crippen LogP contribution in [0, 0.1) is 6.92 Å². The maximum atomic E-state index is 12.1. The van der Waals surface area contributed by atoms with E-state index in [4.69, 9.17) is 4.74 Å². The van der Waals surface area contributed by atoms with E-state index in [1.807, 2.05) is 36.6 Å². The molecular formula is C16H16N4O2S. The Labute approximate surface area is 137 Å². The maximum Gasteiger partial charge on any atom is 0.263 e. The number of carbonyl (C=O) groups is 1. The fourth-order valence-electron chi connectivity index (χ4n) is 2.18. The van der Waals surface area contributed by atoms with E-state index in [0.717, 1.165) is 16.3 Å². The summed E-state index contributed by atoms with van der Waals surface area (Å²) >= 11 is 1.53. The topological polar surface area (TPSA) is 69.0 Å². The highest BCUT2D eigenvalue weighted by molar-refractivity contribution is 7.13. The summed E-state index contributed by atoms with van der Waals surface area (Å²) in [6, 6.07) is 9.35. The van der Waals surface area contributed by atoms with Crippen LogP contribution in [0.2, 0.25) is 0 Å². The van der Waals surface area contributed by atoms with Crippen LogP contribution < -0.4 is 10.1 Å². The third-order valence-corrected chi connectivity index (χ3v) is 3.98. The second-order valence-electron chi connectivity index (χ2n) is 4.96. The number of nitrogens with zero attached hydrogens (tertiary/aromatic N) is 3. The van der Waals surface area contributed by atoms with Crippen LogP contribution in [0.5, 0.6) is 5.75 Å². The van der Waals surface area contributed by atoms with Gasteiger partial charge in [0.05, 0.1) is 11.3 Å². The van der Waals surface area contributed by atoms with Gasteiger partial charge in [0.2, 0.25) is 0 Å². The van der Waals surface area contributed by atoms with Crippen molar-refractivity contribution in [2.24, 2.45) is 7.05 Å². The third kappa shape index (κ3) is 3.57. The highest BCUT2D eigenvalue weighted by atomic mass is 32.1. The van der Waals surface area contributed by atoms with E-state index in [1.54, 1.807) is 24.0 Å². The number of rotatable bonds is 5. The van der Waals surface area contributed by atoms with Crippen LogP contribution >= 0.6 is 11.3 Å². The van der Waals surface area contributed by atoms with Gasteiger partial charge in [-0.3, -0.25) is 9.48 Å². The van der Waals surface area contributed by atoms with Crippen molar-refractivity contribution in [3.8, 4) is 16.3 Å². The number of nitrogens with one attached hydrogen (secondary N) is 1. The molecule has 3 rings (SSSR count). The van der Waals surface area contributed by atoms with Crippen LogP contribution in [0.3, 0.4) is 0 Å². The summed E-state index contributed by atoms with van der Waals surface area (Å²) in [6.07, 6.45) is 1.74. The van der Waals surface area contributed by atoms with Crippen molar-refractivity contribution in [3.05, 3.63) is 47.6 Å². The second-order valence-corrected chi connectivity index (χ2v) is 5.86. The van der Waals surface area contributed by atoms with Crippen molar-refractivity contribution < 1.29 is 9.53 Å². The van der Waals surface area contributed by atoms with Gasteiger partial charge in [-0.2, -0.15) is 5.10 Å². The number of anilines is 1. The molecule has 0 radical (unpaired) electrons. The summed E-state index contributed by atoms with van der Waals surface area (Å²) in [7, 11) is 1.78. The lowest BCUT2D eigenvalue weighted by atomic mass is 10.2. The van der Waals surface area contributed by atoms with Crippen LogP contribution in [-0.2, 0) is 11.8 Å². The van der Waals surface area contributed by atoms with Gasteiger partial charge < -0.3 is 10.1 Å². The Morgan fingerprint density at radius 3 is 2.91 bits per heavy atom. The predicted molar refractivity (Wildman–Crippen MR) is 89.6 cm³/mol. The zero-order valence-electron chi connectivity index (χ0n) is 12.8. The zero-order chi connectivity index (χ0) is 16.2. The SMILES string of the molecule is Cc1cc(NC(=O)COc2ccccc2-c2nccs2)n(C)n1. The van der Waals surface area contributed by atoms with E-state index in [-0.39, 0.29) is 12.5 Å². The molecule has 0 aliphatic carbocycles. The first-order chi connectivity index (χ1) is 11.1. The standard InChI is InChI=1S/C16H16N4O2S/c1-11-9-14(20(2)19-11)18-15(21)10-22-13-6-4-3-5-12(13)16-17-7-8-23-16/h3-9H,10H2,1-2H3,(H,18,21). The van der Waals surface area contributed by atoms with Crippen molar-refractivity contribution in [1.82, 2.24) is 14.8 Å². The highest BCUT2D eigenvalue weighted by Gasteiger charge is 2.11. The fourth-order valence-corrected chi connectivity index (χ4v) is 2.84. The average molecular weight is 328 g/mol. The lowest BCUT2D eigenvalue weighted by Crippen LogP contribution is -2.21. The molecule has 0 aliphatic rings. The molecule has 3 aromatic rings. The van der Waals surface area contributed by atoms with Crippen molar-refractivity contribution in [3.63, 3.8) is 0 Å². The molecule has 2 aromatic heterocycles. The molecule has 0 fully saturated rings. The Balaban J connectivity index is 1.67. The number of thiazole rings is 1. The van der Waals surface area contributed by atoms with Gasteiger partial charge >= 0.3 is 0 Å². The summed E-state index contributed by atoms with van der Waals surface area (Å²) in [5.74, 6) is 1.05. The van der Waals surface area contributed by atoms with Gasteiger partial charge in [0.15, 0.2) is 6.61 Å². The Kier molecular flexibility index (Phi) is 4.38. The average Bonchev–Trinajstić information content (AvgIpc) is 3.16. The molecule has 0 bridgehead atoms. The smallest absolute Gasteiger partial charge is 0.263 e. The van der Waals surface area contributed by atoms with E-state index in [9.17, 15) is 4.79 Å². The van der Waals surface area contributed by atoms with Crippen molar-refractivity contribution >= 4 is 23.1 Å². The minimum Gasteiger partial charge on any atom is -0.483 e. The molecule has 0 saturated heterocycles. The van der Waals surface area contributed by atoms with Gasteiger partial charge in [-0.1, -0.05) is 12.1 Å². The van der Waals surface area contributed by atoms with Crippen LogP contribution in [0.15, 0.2) is 41.9 Å². The number of ether oxygens (including phenoxy) is 1. The second kappa shape index (κ2) is 6.62. The summed E-state index contributed by atoms with van der Waals surface area (Å²) in [5.41, 5.74) is 1.73. The molecule has 1 amide bonds. The van der Waals surface area contributed by atoms with Gasteiger partial charge in [0.1, 0.15) is 16.6 Å². The van der Waals surface area contributed by atoms with Crippen molar-refractivity contribution in [1.29, 1.82) is 0 Å². The molecule has 2 heterocycles. The Morgan fingerprint density at radius 1 is 1.39 bits per heavy atom. The number of hydrogen-bond acceptors (Lipinski definition) is 5. The zero-order valence-corrected chi connectivity index (χ0v) is 13.6. The highest BCUT2D eigenvalue weighted by Crippen LogP contribution is 2.30. The molecule has 23 heavy (non-hydrogen) atoms. The van der Waals surface area contributed by atoms with Gasteiger partial charge in [-0.25, -0.2) is 4.98 Å². The molecule has 0 saturated carbocycles. The lowest BCUT2D eigenvalue weighted by Gasteiger charge is -2.10. The van der Waals surface area contributed by atoms with E-state index >= 15 is 0 Å². The monoisotopic (exact) mass is 328 g/mol. The summed E-state index contributed by atoms with van der Waals surface area (Å²) in [6.45, 7) is 1.79.